The first-order chi connectivity index (χ1) is 18.3. The monoisotopic (exact) mass is 504 g/mol. The molecule has 0 aliphatic heterocycles. The molecule has 0 spiro atoms. The van der Waals surface area contributed by atoms with E-state index in [1.165, 1.54) is 16.7 Å². The van der Waals surface area contributed by atoms with Gasteiger partial charge in [-0.3, -0.25) is 0 Å². The summed E-state index contributed by atoms with van der Waals surface area (Å²) in [7, 11) is 0. The molecule has 0 saturated heterocycles. The maximum atomic E-state index is 9.64. The molecule has 0 amide bonds. The summed E-state index contributed by atoms with van der Waals surface area (Å²) in [6, 6.07) is 31.0. The van der Waals surface area contributed by atoms with Crippen LogP contribution in [-0.4, -0.2) is 31.5 Å². The van der Waals surface area contributed by atoms with Crippen molar-refractivity contribution in [1.29, 1.82) is 0 Å². The fourth-order valence-electron chi connectivity index (χ4n) is 4.88. The molecule has 37 heavy (non-hydrogen) atoms. The molecule has 3 aromatic carbocycles. The van der Waals surface area contributed by atoms with Gasteiger partial charge >= 0.3 is 0 Å². The second-order valence-electron chi connectivity index (χ2n) is 9.90. The lowest BCUT2D eigenvalue weighted by Gasteiger charge is -2.34. The minimum atomic E-state index is 0.117. The number of aliphatic hydroxyl groups is 1. The van der Waals surface area contributed by atoms with Gasteiger partial charge in [-0.1, -0.05) is 91.0 Å². The third kappa shape index (κ3) is 12.1. The molecule has 200 valence electrons. The predicted molar refractivity (Wildman–Crippen MR) is 150 cm³/mol. The van der Waals surface area contributed by atoms with Crippen LogP contribution in [0, 0.1) is 5.41 Å². The van der Waals surface area contributed by atoms with Crippen molar-refractivity contribution in [2.24, 2.45) is 5.41 Å². The Morgan fingerprint density at radius 3 is 1.24 bits per heavy atom. The molecule has 0 unspecified atom stereocenters. The fourth-order valence-corrected chi connectivity index (χ4v) is 4.88. The van der Waals surface area contributed by atoms with E-state index in [1.54, 1.807) is 0 Å². The standard InChI is InChI=1S/C33H44O4/c34-23-10-19-33(22-26-37-29-32-17-8-3-9-18-32,20-11-24-35-27-30-13-4-1-5-14-30)21-12-25-36-28-31-15-6-2-7-16-31/h1-9,13-18,34H,10-12,19-29H2. The molecule has 0 atom stereocenters. The number of ether oxygens (including phenoxy) is 3. The number of benzene rings is 3. The van der Waals surface area contributed by atoms with Gasteiger partial charge in [0.15, 0.2) is 0 Å². The first-order valence-electron chi connectivity index (χ1n) is 13.8. The Bertz CT molecular complexity index is 881. The lowest BCUT2D eigenvalue weighted by atomic mass is 9.73. The summed E-state index contributed by atoms with van der Waals surface area (Å²) in [6.45, 7) is 4.36. The summed E-state index contributed by atoms with van der Waals surface area (Å²) in [4.78, 5) is 0. The van der Waals surface area contributed by atoms with Crippen LogP contribution in [0.25, 0.3) is 0 Å². The first-order valence-corrected chi connectivity index (χ1v) is 13.8. The number of hydrogen-bond donors (Lipinski definition) is 1. The summed E-state index contributed by atoms with van der Waals surface area (Å²) in [5.74, 6) is 0. The van der Waals surface area contributed by atoms with E-state index in [4.69, 9.17) is 14.2 Å². The van der Waals surface area contributed by atoms with Crippen molar-refractivity contribution in [1.82, 2.24) is 0 Å². The van der Waals surface area contributed by atoms with Crippen molar-refractivity contribution in [2.45, 2.75) is 64.8 Å². The fraction of sp³-hybridized carbons (Fsp3) is 0.455. The maximum absolute atomic E-state index is 9.64. The van der Waals surface area contributed by atoms with Crippen LogP contribution in [0.3, 0.4) is 0 Å². The SMILES string of the molecule is OCCCC(CCCOCc1ccccc1)(CCCOCc1ccccc1)CCOCc1ccccc1. The number of aliphatic hydroxyl groups excluding tert-OH is 1. The minimum Gasteiger partial charge on any atom is -0.396 e. The Morgan fingerprint density at radius 1 is 0.459 bits per heavy atom. The Balaban J connectivity index is 1.49. The molecule has 0 bridgehead atoms. The van der Waals surface area contributed by atoms with E-state index < -0.39 is 0 Å². The van der Waals surface area contributed by atoms with Gasteiger partial charge in [0.2, 0.25) is 0 Å². The summed E-state index contributed by atoms with van der Waals surface area (Å²) < 4.78 is 18.1. The second-order valence-corrected chi connectivity index (χ2v) is 9.90. The van der Waals surface area contributed by atoms with Crippen LogP contribution in [0.15, 0.2) is 91.0 Å². The zero-order chi connectivity index (χ0) is 25.9. The second kappa shape index (κ2) is 17.9. The Labute approximate surface area is 223 Å². The van der Waals surface area contributed by atoms with Gasteiger partial charge in [-0.15, -0.1) is 0 Å². The largest absolute Gasteiger partial charge is 0.396 e. The van der Waals surface area contributed by atoms with Gasteiger partial charge in [-0.05, 0) is 67.1 Å². The Hall–Kier alpha value is -2.50. The summed E-state index contributed by atoms with van der Waals surface area (Å²) in [5.41, 5.74) is 3.73. The molecule has 0 heterocycles. The highest BCUT2D eigenvalue weighted by Crippen LogP contribution is 2.39. The molecular formula is C33H44O4. The number of rotatable bonds is 20. The highest BCUT2D eigenvalue weighted by atomic mass is 16.5. The van der Waals surface area contributed by atoms with Gasteiger partial charge in [0.1, 0.15) is 0 Å². The summed E-state index contributed by atoms with van der Waals surface area (Å²) in [6.07, 6.45) is 6.93. The van der Waals surface area contributed by atoms with E-state index in [0.29, 0.717) is 19.8 Å². The molecule has 1 N–H and O–H groups in total. The van der Waals surface area contributed by atoms with Gasteiger partial charge in [0, 0.05) is 26.4 Å². The van der Waals surface area contributed by atoms with Crippen LogP contribution in [0.1, 0.15) is 61.6 Å². The summed E-state index contributed by atoms with van der Waals surface area (Å²) in [5, 5.41) is 9.64. The quantitative estimate of drug-likeness (QED) is 0.163. The van der Waals surface area contributed by atoms with Gasteiger partial charge in [0.05, 0.1) is 19.8 Å². The average Bonchev–Trinajstić information content (AvgIpc) is 2.95. The van der Waals surface area contributed by atoms with Crippen LogP contribution in [0.2, 0.25) is 0 Å². The van der Waals surface area contributed by atoms with Gasteiger partial charge in [-0.2, -0.15) is 0 Å². The maximum Gasteiger partial charge on any atom is 0.0716 e. The average molecular weight is 505 g/mol. The first kappa shape index (κ1) is 29.1. The van der Waals surface area contributed by atoms with Crippen molar-refractivity contribution < 1.29 is 19.3 Å². The topological polar surface area (TPSA) is 47.9 Å². The van der Waals surface area contributed by atoms with Gasteiger partial charge in [0.25, 0.3) is 0 Å². The molecule has 4 nitrogen and oxygen atoms in total. The number of hydrogen-bond acceptors (Lipinski definition) is 4. The van der Waals surface area contributed by atoms with Crippen molar-refractivity contribution >= 4 is 0 Å². The smallest absolute Gasteiger partial charge is 0.0716 e. The van der Waals surface area contributed by atoms with E-state index in [9.17, 15) is 5.11 Å². The molecule has 0 saturated carbocycles. The van der Waals surface area contributed by atoms with Crippen molar-refractivity contribution in [3.63, 3.8) is 0 Å². The van der Waals surface area contributed by atoms with Crippen LogP contribution in [-0.2, 0) is 34.0 Å². The highest BCUT2D eigenvalue weighted by molar-refractivity contribution is 5.14. The van der Waals surface area contributed by atoms with Crippen LogP contribution in [0.5, 0.6) is 0 Å². The summed E-state index contributed by atoms with van der Waals surface area (Å²) >= 11 is 0. The zero-order valence-corrected chi connectivity index (χ0v) is 22.2. The molecular weight excluding hydrogens is 460 g/mol. The third-order valence-corrected chi connectivity index (χ3v) is 6.97. The third-order valence-electron chi connectivity index (χ3n) is 6.97. The van der Waals surface area contributed by atoms with Gasteiger partial charge < -0.3 is 19.3 Å². The van der Waals surface area contributed by atoms with Crippen molar-refractivity contribution in [2.75, 3.05) is 26.4 Å². The van der Waals surface area contributed by atoms with E-state index in [1.807, 2.05) is 42.5 Å². The van der Waals surface area contributed by atoms with E-state index in [-0.39, 0.29) is 12.0 Å². The molecule has 0 fully saturated rings. The molecule has 0 radical (unpaired) electrons. The molecule has 3 rings (SSSR count). The zero-order valence-electron chi connectivity index (χ0n) is 22.2. The molecule has 0 aliphatic rings. The van der Waals surface area contributed by atoms with Crippen LogP contribution in [0.4, 0.5) is 0 Å². The Morgan fingerprint density at radius 2 is 0.838 bits per heavy atom. The van der Waals surface area contributed by atoms with E-state index in [2.05, 4.69) is 48.5 Å². The molecule has 3 aromatic rings. The molecule has 0 aliphatic carbocycles. The Kier molecular flexibility index (Phi) is 14.0. The van der Waals surface area contributed by atoms with Crippen LogP contribution >= 0.6 is 0 Å². The lowest BCUT2D eigenvalue weighted by molar-refractivity contribution is 0.0454. The van der Waals surface area contributed by atoms with E-state index in [0.717, 1.165) is 64.8 Å². The minimum absolute atomic E-state index is 0.117. The lowest BCUT2D eigenvalue weighted by Crippen LogP contribution is -2.25. The molecule has 0 aromatic heterocycles. The normalized spacial score (nSPS) is 11.6. The van der Waals surface area contributed by atoms with E-state index >= 15 is 0 Å². The van der Waals surface area contributed by atoms with Crippen molar-refractivity contribution in [3.05, 3.63) is 108 Å². The molecule has 4 heteroatoms. The van der Waals surface area contributed by atoms with Crippen molar-refractivity contribution in [3.8, 4) is 0 Å². The van der Waals surface area contributed by atoms with Crippen LogP contribution < -0.4 is 0 Å². The predicted octanol–water partition coefficient (Wildman–Crippen LogP) is 7.35. The highest BCUT2D eigenvalue weighted by Gasteiger charge is 2.28. The van der Waals surface area contributed by atoms with Gasteiger partial charge in [-0.25, -0.2) is 0 Å².